The minimum Gasteiger partial charge on any atom is -0.493 e. The van der Waals surface area contributed by atoms with E-state index in [-0.39, 0.29) is 0 Å². The van der Waals surface area contributed by atoms with Crippen molar-refractivity contribution in [1.82, 2.24) is 9.97 Å². The molecule has 0 spiro atoms. The van der Waals surface area contributed by atoms with Crippen LogP contribution in [0.1, 0.15) is 11.1 Å². The second-order valence-corrected chi connectivity index (χ2v) is 7.99. The number of aryl methyl sites for hydroxylation is 2. The van der Waals surface area contributed by atoms with Crippen LogP contribution in [0.15, 0.2) is 76.5 Å². The third-order valence-corrected chi connectivity index (χ3v) is 5.67. The van der Waals surface area contributed by atoms with Gasteiger partial charge >= 0.3 is 0 Å². The number of hydrogen-bond acceptors (Lipinski definition) is 7. The molecule has 5 rings (SSSR count). The molecule has 0 fully saturated rings. The van der Waals surface area contributed by atoms with Gasteiger partial charge in [-0.25, -0.2) is 9.97 Å². The molecule has 0 unspecified atom stereocenters. The van der Waals surface area contributed by atoms with Crippen LogP contribution in [0.2, 0.25) is 0 Å². The smallest absolute Gasteiger partial charge is 0.161 e. The van der Waals surface area contributed by atoms with Gasteiger partial charge in [0.2, 0.25) is 0 Å². The third kappa shape index (κ3) is 3.92. The van der Waals surface area contributed by atoms with E-state index in [9.17, 15) is 0 Å². The molecule has 0 saturated heterocycles. The van der Waals surface area contributed by atoms with Gasteiger partial charge in [-0.2, -0.15) is 5.10 Å². The third-order valence-electron chi connectivity index (χ3n) is 5.67. The first-order valence-electron chi connectivity index (χ1n) is 10.8. The van der Waals surface area contributed by atoms with E-state index < -0.39 is 0 Å². The first kappa shape index (κ1) is 21.5. The van der Waals surface area contributed by atoms with E-state index in [4.69, 9.17) is 19.0 Å². The fraction of sp³-hybridized carbons (Fsp3) is 0.148. The summed E-state index contributed by atoms with van der Waals surface area (Å²) >= 11 is 0. The summed E-state index contributed by atoms with van der Waals surface area (Å²) in [5.74, 6) is 2.58. The Morgan fingerprint density at radius 1 is 0.853 bits per heavy atom. The summed E-state index contributed by atoms with van der Waals surface area (Å²) in [6.45, 7) is 4.09. The quantitative estimate of drug-likeness (QED) is 0.349. The summed E-state index contributed by atoms with van der Waals surface area (Å²) < 4.78 is 17.2. The highest BCUT2D eigenvalue weighted by atomic mass is 16.5. The van der Waals surface area contributed by atoms with Crippen LogP contribution in [0.5, 0.6) is 11.5 Å². The molecule has 1 N–H and O–H groups in total. The van der Waals surface area contributed by atoms with Crippen LogP contribution in [0.4, 0.5) is 5.82 Å². The van der Waals surface area contributed by atoms with Gasteiger partial charge in [-0.3, -0.25) is 5.43 Å². The highest BCUT2D eigenvalue weighted by Crippen LogP contribution is 2.33. The van der Waals surface area contributed by atoms with Gasteiger partial charge in [-0.15, -0.1) is 0 Å². The topological polar surface area (TPSA) is 81.8 Å². The van der Waals surface area contributed by atoms with Crippen LogP contribution in [-0.2, 0) is 0 Å². The second kappa shape index (κ2) is 8.86. The lowest BCUT2D eigenvalue weighted by atomic mass is 10.1. The molecule has 34 heavy (non-hydrogen) atoms. The zero-order valence-corrected chi connectivity index (χ0v) is 19.4. The van der Waals surface area contributed by atoms with Crippen molar-refractivity contribution in [2.45, 2.75) is 13.8 Å². The molecule has 0 aliphatic carbocycles. The summed E-state index contributed by atoms with van der Waals surface area (Å²) in [5, 5.41) is 7.28. The van der Waals surface area contributed by atoms with Crippen LogP contribution in [0, 0.1) is 13.8 Å². The fourth-order valence-electron chi connectivity index (χ4n) is 4.05. The minimum absolute atomic E-state index is 0.625. The normalized spacial score (nSPS) is 11.7. The standard InChI is InChI=1S/C27H24N4O3/c1-16-11-17(2)26-20(12-16)22(30-31-27-19-7-5-6-8-21(19)28-15-29-27)14-24(34-26)18-9-10-23(32-3)25(13-18)33-4/h5-15H,1-4H3,(H,28,29,31)/b30-22+. The molecule has 7 heteroatoms. The zero-order valence-electron chi connectivity index (χ0n) is 19.4. The summed E-state index contributed by atoms with van der Waals surface area (Å²) in [6.07, 6.45) is 1.53. The number of nitrogens with one attached hydrogen (secondary N) is 1. The van der Waals surface area contributed by atoms with E-state index in [0.29, 0.717) is 23.1 Å². The number of fused-ring (bicyclic) bond motifs is 2. The Balaban J connectivity index is 1.70. The van der Waals surface area contributed by atoms with Crippen molar-refractivity contribution in [3.05, 3.63) is 83.5 Å². The Hall–Kier alpha value is -4.39. The maximum absolute atomic E-state index is 6.36. The average molecular weight is 453 g/mol. The van der Waals surface area contributed by atoms with Crippen molar-refractivity contribution in [1.29, 1.82) is 0 Å². The first-order valence-corrected chi connectivity index (χ1v) is 10.8. The van der Waals surface area contributed by atoms with E-state index >= 15 is 0 Å². The van der Waals surface area contributed by atoms with Crippen LogP contribution in [-0.4, -0.2) is 24.2 Å². The zero-order chi connectivity index (χ0) is 23.7. The van der Waals surface area contributed by atoms with Gasteiger partial charge in [-0.1, -0.05) is 18.2 Å². The SMILES string of the molecule is COc1ccc(-c2c/c(=N\Nc3ncnc4ccccc34)c3cc(C)cc(C)c3o2)cc1OC. The lowest BCUT2D eigenvalue weighted by Gasteiger charge is -2.11. The summed E-state index contributed by atoms with van der Waals surface area (Å²) in [4.78, 5) is 8.71. The summed E-state index contributed by atoms with van der Waals surface area (Å²) in [6, 6.07) is 19.6. The van der Waals surface area contributed by atoms with Gasteiger partial charge in [0.15, 0.2) is 17.3 Å². The molecule has 5 aromatic rings. The number of methoxy groups -OCH3 is 2. The second-order valence-electron chi connectivity index (χ2n) is 7.99. The van der Waals surface area contributed by atoms with Crippen molar-refractivity contribution in [3.8, 4) is 22.8 Å². The predicted octanol–water partition coefficient (Wildman–Crippen LogP) is 5.60. The molecule has 0 bridgehead atoms. The number of ether oxygens (including phenoxy) is 2. The number of hydrogen-bond donors (Lipinski definition) is 1. The molecule has 0 aliphatic rings. The number of anilines is 1. The van der Waals surface area contributed by atoms with E-state index in [1.54, 1.807) is 14.2 Å². The van der Waals surface area contributed by atoms with Gasteiger partial charge < -0.3 is 13.9 Å². The molecule has 0 amide bonds. The molecule has 0 saturated carbocycles. The largest absolute Gasteiger partial charge is 0.493 e. The number of para-hydroxylation sites is 1. The number of aromatic nitrogens is 2. The van der Waals surface area contributed by atoms with Crippen LogP contribution < -0.4 is 20.3 Å². The number of nitrogens with zero attached hydrogens (tertiary/aromatic N) is 3. The van der Waals surface area contributed by atoms with Crippen LogP contribution >= 0.6 is 0 Å². The molecule has 2 aromatic heterocycles. The van der Waals surface area contributed by atoms with E-state index in [2.05, 4.69) is 34.5 Å². The molecular weight excluding hydrogens is 428 g/mol. The Kier molecular flexibility index (Phi) is 5.59. The first-order chi connectivity index (χ1) is 16.6. The van der Waals surface area contributed by atoms with E-state index in [1.165, 1.54) is 6.33 Å². The average Bonchev–Trinajstić information content (AvgIpc) is 2.86. The van der Waals surface area contributed by atoms with Crippen molar-refractivity contribution < 1.29 is 13.9 Å². The van der Waals surface area contributed by atoms with Crippen molar-refractivity contribution >= 4 is 27.7 Å². The lowest BCUT2D eigenvalue weighted by molar-refractivity contribution is 0.355. The number of rotatable bonds is 5. The molecule has 0 aliphatic heterocycles. The molecule has 3 aromatic carbocycles. The van der Waals surface area contributed by atoms with Crippen molar-refractivity contribution in [3.63, 3.8) is 0 Å². The molecule has 2 heterocycles. The Labute approximate surface area is 196 Å². The molecule has 7 nitrogen and oxygen atoms in total. The maximum Gasteiger partial charge on any atom is 0.161 e. The minimum atomic E-state index is 0.625. The predicted molar refractivity (Wildman–Crippen MR) is 133 cm³/mol. The highest BCUT2D eigenvalue weighted by molar-refractivity contribution is 5.88. The Bertz CT molecular complexity index is 1590. The maximum atomic E-state index is 6.36. The molecule has 170 valence electrons. The van der Waals surface area contributed by atoms with Gasteiger partial charge in [-0.05, 0) is 61.4 Å². The van der Waals surface area contributed by atoms with E-state index in [1.807, 2.05) is 55.5 Å². The van der Waals surface area contributed by atoms with Gasteiger partial charge in [0.1, 0.15) is 17.7 Å². The highest BCUT2D eigenvalue weighted by Gasteiger charge is 2.12. The molecule has 0 radical (unpaired) electrons. The summed E-state index contributed by atoms with van der Waals surface area (Å²) in [7, 11) is 3.23. The van der Waals surface area contributed by atoms with Gasteiger partial charge in [0.05, 0.1) is 25.1 Å². The lowest BCUT2D eigenvalue weighted by Crippen LogP contribution is -2.09. The fourth-order valence-corrected chi connectivity index (χ4v) is 4.05. The van der Waals surface area contributed by atoms with Crippen molar-refractivity contribution in [2.24, 2.45) is 5.10 Å². The monoisotopic (exact) mass is 452 g/mol. The van der Waals surface area contributed by atoms with Crippen LogP contribution in [0.25, 0.3) is 33.2 Å². The Morgan fingerprint density at radius 3 is 2.50 bits per heavy atom. The molecular formula is C27H24N4O3. The Morgan fingerprint density at radius 2 is 1.68 bits per heavy atom. The van der Waals surface area contributed by atoms with Crippen LogP contribution in [0.3, 0.4) is 0 Å². The van der Waals surface area contributed by atoms with Crippen molar-refractivity contribution in [2.75, 3.05) is 19.6 Å². The summed E-state index contributed by atoms with van der Waals surface area (Å²) in [5.41, 5.74) is 7.77. The number of benzene rings is 3. The van der Waals surface area contributed by atoms with Gasteiger partial charge in [0.25, 0.3) is 0 Å². The van der Waals surface area contributed by atoms with Gasteiger partial charge in [0, 0.05) is 22.4 Å². The molecule has 0 atom stereocenters. The van der Waals surface area contributed by atoms with E-state index in [0.717, 1.165) is 43.9 Å².